The Morgan fingerprint density at radius 3 is 2.35 bits per heavy atom. The Kier molecular flexibility index (Phi) is 4.99. The second-order valence-corrected chi connectivity index (χ2v) is 8.03. The quantitative estimate of drug-likeness (QED) is 0.815. The molecular weight excluding hydrogens is 337 g/mol. The van der Waals surface area contributed by atoms with Crippen LogP contribution in [0.25, 0.3) is 0 Å². The second kappa shape index (κ2) is 6.37. The molecule has 1 aromatic heterocycles. The van der Waals surface area contributed by atoms with Crippen LogP contribution in [-0.2, 0) is 11.8 Å². The third-order valence-electron chi connectivity index (χ3n) is 3.84. The number of benzene rings is 1. The molecule has 2 rings (SSSR count). The molecule has 0 fully saturated rings. The van der Waals surface area contributed by atoms with Crippen LogP contribution in [0, 0.1) is 5.82 Å². The van der Waals surface area contributed by atoms with Gasteiger partial charge < -0.3 is 5.32 Å². The van der Waals surface area contributed by atoms with Crippen molar-refractivity contribution in [2.75, 3.05) is 7.05 Å². The van der Waals surface area contributed by atoms with Gasteiger partial charge in [0.05, 0.1) is 3.79 Å². The molecule has 0 saturated carbocycles. The van der Waals surface area contributed by atoms with Gasteiger partial charge >= 0.3 is 0 Å². The van der Waals surface area contributed by atoms with E-state index in [0.717, 1.165) is 15.8 Å². The summed E-state index contributed by atoms with van der Waals surface area (Å²) in [4.78, 5) is 1.34. The van der Waals surface area contributed by atoms with Gasteiger partial charge in [-0.25, -0.2) is 4.39 Å². The molecule has 1 N–H and O–H groups in total. The fourth-order valence-corrected chi connectivity index (χ4v) is 3.99. The Hall–Kier alpha value is -0.710. The standard InChI is InChI=1S/C16H19BrFNS/c1-16(2,11-4-6-12(18)7-5-11)14(19-3)10-13-8-9-15(17)20-13/h4-9,14,19H,10H2,1-3H3. The first-order valence-corrected chi connectivity index (χ1v) is 8.22. The number of likely N-dealkylation sites (N-methyl/N-ethyl adjacent to an activating group) is 1. The van der Waals surface area contributed by atoms with Crippen LogP contribution >= 0.6 is 27.3 Å². The van der Waals surface area contributed by atoms with Gasteiger partial charge in [-0.3, -0.25) is 0 Å². The zero-order valence-electron chi connectivity index (χ0n) is 11.9. The van der Waals surface area contributed by atoms with E-state index in [2.05, 4.69) is 47.2 Å². The van der Waals surface area contributed by atoms with E-state index in [1.165, 1.54) is 17.0 Å². The monoisotopic (exact) mass is 355 g/mol. The van der Waals surface area contributed by atoms with Gasteiger partial charge in [0.1, 0.15) is 5.82 Å². The molecule has 0 bridgehead atoms. The fraction of sp³-hybridized carbons (Fsp3) is 0.375. The van der Waals surface area contributed by atoms with Crippen LogP contribution in [0.5, 0.6) is 0 Å². The molecule has 1 nitrogen and oxygen atoms in total. The minimum absolute atomic E-state index is 0.0705. The molecule has 20 heavy (non-hydrogen) atoms. The van der Waals surface area contributed by atoms with Crippen molar-refractivity contribution in [2.45, 2.75) is 31.7 Å². The normalized spacial score (nSPS) is 13.4. The molecule has 0 radical (unpaired) electrons. The molecule has 0 aliphatic rings. The Bertz CT molecular complexity index is 562. The topological polar surface area (TPSA) is 12.0 Å². The van der Waals surface area contributed by atoms with E-state index in [1.54, 1.807) is 11.3 Å². The molecule has 0 aliphatic heterocycles. The van der Waals surface area contributed by atoms with Gasteiger partial charge in [0.15, 0.2) is 0 Å². The first kappa shape index (κ1) is 15.7. The lowest BCUT2D eigenvalue weighted by molar-refractivity contribution is 0.358. The molecule has 1 unspecified atom stereocenters. The van der Waals surface area contributed by atoms with E-state index in [9.17, 15) is 4.39 Å². The van der Waals surface area contributed by atoms with Gasteiger partial charge in [0.25, 0.3) is 0 Å². The van der Waals surface area contributed by atoms with Crippen molar-refractivity contribution in [3.8, 4) is 0 Å². The summed E-state index contributed by atoms with van der Waals surface area (Å²) < 4.78 is 14.2. The van der Waals surface area contributed by atoms with Crippen LogP contribution in [-0.4, -0.2) is 13.1 Å². The van der Waals surface area contributed by atoms with Crippen molar-refractivity contribution < 1.29 is 4.39 Å². The summed E-state index contributed by atoms with van der Waals surface area (Å²) in [5.41, 5.74) is 1.08. The average Bonchev–Trinajstić information content (AvgIpc) is 2.82. The van der Waals surface area contributed by atoms with Gasteiger partial charge in [0.2, 0.25) is 0 Å². The number of thiophene rings is 1. The Labute approximate surface area is 132 Å². The largest absolute Gasteiger partial charge is 0.316 e. The number of hydrogen-bond donors (Lipinski definition) is 1. The molecule has 1 heterocycles. The lowest BCUT2D eigenvalue weighted by atomic mass is 9.76. The minimum atomic E-state index is -0.187. The molecule has 0 aliphatic carbocycles. The third kappa shape index (κ3) is 3.48. The van der Waals surface area contributed by atoms with Crippen LogP contribution in [0.15, 0.2) is 40.2 Å². The van der Waals surface area contributed by atoms with Crippen LogP contribution in [0.4, 0.5) is 4.39 Å². The van der Waals surface area contributed by atoms with Gasteiger partial charge in [0, 0.05) is 16.3 Å². The molecular formula is C16H19BrFNS. The van der Waals surface area contributed by atoms with Gasteiger partial charge in [-0.15, -0.1) is 11.3 Å². The highest BCUT2D eigenvalue weighted by atomic mass is 79.9. The molecule has 2 aromatic rings. The summed E-state index contributed by atoms with van der Waals surface area (Å²) in [6, 6.07) is 11.3. The van der Waals surface area contributed by atoms with Crippen molar-refractivity contribution in [1.82, 2.24) is 5.32 Å². The van der Waals surface area contributed by atoms with Crippen molar-refractivity contribution in [2.24, 2.45) is 0 Å². The lowest BCUT2D eigenvalue weighted by Gasteiger charge is -2.34. The fourth-order valence-electron chi connectivity index (χ4n) is 2.46. The molecule has 0 saturated heterocycles. The smallest absolute Gasteiger partial charge is 0.123 e. The summed E-state index contributed by atoms with van der Waals surface area (Å²) in [6.07, 6.45) is 0.955. The maximum Gasteiger partial charge on any atom is 0.123 e. The summed E-state index contributed by atoms with van der Waals surface area (Å²) in [7, 11) is 1.98. The van der Waals surface area contributed by atoms with E-state index in [1.807, 2.05) is 19.2 Å². The zero-order chi connectivity index (χ0) is 14.8. The Balaban J connectivity index is 2.22. The molecule has 0 spiro atoms. The van der Waals surface area contributed by atoms with Crippen LogP contribution in [0.2, 0.25) is 0 Å². The predicted octanol–water partition coefficient (Wildman–Crippen LogP) is 4.76. The first-order chi connectivity index (χ1) is 9.43. The lowest BCUT2D eigenvalue weighted by Crippen LogP contribution is -2.44. The van der Waals surface area contributed by atoms with Gasteiger partial charge in [-0.05, 0) is 59.2 Å². The third-order valence-corrected chi connectivity index (χ3v) is 5.49. The van der Waals surface area contributed by atoms with Gasteiger partial charge in [-0.2, -0.15) is 0 Å². The molecule has 108 valence electrons. The van der Waals surface area contributed by atoms with E-state index in [-0.39, 0.29) is 11.2 Å². The summed E-state index contributed by atoms with van der Waals surface area (Å²) in [5.74, 6) is -0.187. The maximum atomic E-state index is 13.1. The van der Waals surface area contributed by atoms with Crippen LogP contribution in [0.3, 0.4) is 0 Å². The summed E-state index contributed by atoms with van der Waals surface area (Å²) in [5, 5.41) is 3.41. The number of nitrogens with one attached hydrogen (secondary N) is 1. The van der Waals surface area contributed by atoms with E-state index in [0.29, 0.717) is 6.04 Å². The van der Waals surface area contributed by atoms with Crippen molar-refractivity contribution in [3.63, 3.8) is 0 Å². The highest BCUT2D eigenvalue weighted by Gasteiger charge is 2.30. The van der Waals surface area contributed by atoms with E-state index in [4.69, 9.17) is 0 Å². The maximum absolute atomic E-state index is 13.1. The molecule has 1 aromatic carbocycles. The SMILES string of the molecule is CNC(Cc1ccc(Br)s1)C(C)(C)c1ccc(F)cc1. The highest BCUT2D eigenvalue weighted by Crippen LogP contribution is 2.31. The Morgan fingerprint density at radius 1 is 1.20 bits per heavy atom. The van der Waals surface area contributed by atoms with E-state index < -0.39 is 0 Å². The molecule has 0 amide bonds. The zero-order valence-corrected chi connectivity index (χ0v) is 14.3. The van der Waals surface area contributed by atoms with Crippen molar-refractivity contribution in [3.05, 3.63) is 56.4 Å². The highest BCUT2D eigenvalue weighted by molar-refractivity contribution is 9.11. The minimum Gasteiger partial charge on any atom is -0.316 e. The predicted molar refractivity (Wildman–Crippen MR) is 88.0 cm³/mol. The number of rotatable bonds is 5. The van der Waals surface area contributed by atoms with Gasteiger partial charge in [-0.1, -0.05) is 26.0 Å². The summed E-state index contributed by atoms with van der Waals surface area (Å²) >= 11 is 5.27. The first-order valence-electron chi connectivity index (χ1n) is 6.61. The number of hydrogen-bond acceptors (Lipinski definition) is 2. The van der Waals surface area contributed by atoms with Crippen LogP contribution < -0.4 is 5.32 Å². The average molecular weight is 356 g/mol. The Morgan fingerprint density at radius 2 is 1.85 bits per heavy atom. The molecule has 1 atom stereocenters. The van der Waals surface area contributed by atoms with Crippen molar-refractivity contribution >= 4 is 27.3 Å². The van der Waals surface area contributed by atoms with Crippen LogP contribution in [0.1, 0.15) is 24.3 Å². The molecule has 4 heteroatoms. The second-order valence-electron chi connectivity index (χ2n) is 5.48. The van der Waals surface area contributed by atoms with Crippen molar-refractivity contribution in [1.29, 1.82) is 0 Å². The summed E-state index contributed by atoms with van der Waals surface area (Å²) in [6.45, 7) is 4.40. The number of halogens is 2. The van der Waals surface area contributed by atoms with E-state index >= 15 is 0 Å².